The van der Waals surface area contributed by atoms with Crippen molar-refractivity contribution in [2.24, 2.45) is 0 Å². The highest BCUT2D eigenvalue weighted by molar-refractivity contribution is 5.46. The predicted molar refractivity (Wildman–Crippen MR) is 68.7 cm³/mol. The predicted octanol–water partition coefficient (Wildman–Crippen LogP) is 1.21. The van der Waals surface area contributed by atoms with E-state index in [9.17, 15) is 0 Å². The summed E-state index contributed by atoms with van der Waals surface area (Å²) in [5.41, 5.74) is 2.98. The average Bonchev–Trinajstić information content (AvgIpc) is 2.35. The van der Waals surface area contributed by atoms with Crippen LogP contribution < -0.4 is 4.90 Å². The van der Waals surface area contributed by atoms with Crippen molar-refractivity contribution in [2.75, 3.05) is 45.4 Å². The summed E-state index contributed by atoms with van der Waals surface area (Å²) in [5, 5.41) is 0. The summed E-state index contributed by atoms with van der Waals surface area (Å²) in [4.78, 5) is 6.59. The maximum atomic E-state index is 5.53. The lowest BCUT2D eigenvalue weighted by atomic mass is 10.2. The highest BCUT2D eigenvalue weighted by Gasteiger charge is 2.06. The van der Waals surface area contributed by atoms with Gasteiger partial charge in [0.25, 0.3) is 0 Å². The van der Waals surface area contributed by atoms with E-state index in [4.69, 9.17) is 14.2 Å². The van der Waals surface area contributed by atoms with E-state index in [1.807, 2.05) is 26.2 Å². The molecule has 5 heteroatoms. The molecule has 0 unspecified atom stereocenters. The summed E-state index contributed by atoms with van der Waals surface area (Å²) >= 11 is 0. The summed E-state index contributed by atoms with van der Waals surface area (Å²) in [5.74, 6) is 0. The van der Waals surface area contributed by atoms with Crippen LogP contribution in [0.15, 0.2) is 12.1 Å². The Kier molecular flexibility index (Phi) is 4.92. The number of hydrogen-bond acceptors (Lipinski definition) is 5. The zero-order valence-electron chi connectivity index (χ0n) is 11.0. The van der Waals surface area contributed by atoms with Crippen molar-refractivity contribution in [3.63, 3.8) is 0 Å². The van der Waals surface area contributed by atoms with Gasteiger partial charge in [-0.2, -0.15) is 0 Å². The van der Waals surface area contributed by atoms with Crippen LogP contribution in [-0.2, 0) is 27.4 Å². The van der Waals surface area contributed by atoms with Crippen LogP contribution >= 0.6 is 0 Å². The van der Waals surface area contributed by atoms with Gasteiger partial charge in [-0.25, -0.2) is 0 Å². The molecule has 1 aromatic heterocycles. The fourth-order valence-electron chi connectivity index (χ4n) is 1.73. The van der Waals surface area contributed by atoms with Gasteiger partial charge in [0.05, 0.1) is 51.0 Å². The van der Waals surface area contributed by atoms with Crippen LogP contribution in [0.1, 0.15) is 11.4 Å². The molecule has 2 rings (SSSR count). The van der Waals surface area contributed by atoms with Crippen LogP contribution in [0.25, 0.3) is 0 Å². The quantitative estimate of drug-likeness (QED) is 0.751. The van der Waals surface area contributed by atoms with E-state index in [1.165, 1.54) is 0 Å². The van der Waals surface area contributed by atoms with Gasteiger partial charge in [0.15, 0.2) is 0 Å². The second-order valence-electron chi connectivity index (χ2n) is 4.42. The molecule has 0 atom stereocenters. The molecule has 0 aliphatic carbocycles. The summed E-state index contributed by atoms with van der Waals surface area (Å²) in [7, 11) is 4.03. The zero-order chi connectivity index (χ0) is 12.8. The highest BCUT2D eigenvalue weighted by atomic mass is 16.5. The van der Waals surface area contributed by atoms with Gasteiger partial charge in [0, 0.05) is 19.8 Å². The number of nitrogens with zero attached hydrogens (tertiary/aromatic N) is 2. The minimum atomic E-state index is 0.512. The Bertz CT molecular complexity index is 354. The zero-order valence-corrected chi connectivity index (χ0v) is 11.0. The molecule has 1 aliphatic heterocycles. The summed E-state index contributed by atoms with van der Waals surface area (Å²) in [6.45, 7) is 3.40. The normalized spacial score (nSPS) is 17.7. The minimum absolute atomic E-state index is 0.512. The molecule has 0 spiro atoms. The third-order valence-electron chi connectivity index (χ3n) is 2.68. The molecule has 0 amide bonds. The number of pyridine rings is 1. The monoisotopic (exact) mass is 252 g/mol. The van der Waals surface area contributed by atoms with E-state index in [2.05, 4.69) is 9.88 Å². The molecule has 1 aliphatic rings. The van der Waals surface area contributed by atoms with Crippen molar-refractivity contribution in [3.05, 3.63) is 23.5 Å². The van der Waals surface area contributed by atoms with Gasteiger partial charge in [-0.1, -0.05) is 0 Å². The lowest BCUT2D eigenvalue weighted by Crippen LogP contribution is -2.14. The Morgan fingerprint density at radius 1 is 0.889 bits per heavy atom. The van der Waals surface area contributed by atoms with Crippen LogP contribution in [0.5, 0.6) is 0 Å². The van der Waals surface area contributed by atoms with Crippen LogP contribution in [0.3, 0.4) is 0 Å². The van der Waals surface area contributed by atoms with Gasteiger partial charge in [-0.05, 0) is 12.1 Å². The topological polar surface area (TPSA) is 43.8 Å². The Morgan fingerprint density at radius 3 is 1.89 bits per heavy atom. The van der Waals surface area contributed by atoms with E-state index in [1.54, 1.807) is 0 Å². The SMILES string of the molecule is CN(C)c1cc2nc(c1)COCCOCCOC2. The number of fused-ring (bicyclic) bond motifs is 2. The molecule has 100 valence electrons. The van der Waals surface area contributed by atoms with Crippen LogP contribution in [0, 0.1) is 0 Å². The molecule has 0 aromatic carbocycles. The van der Waals surface area contributed by atoms with Gasteiger partial charge in [0.2, 0.25) is 0 Å². The molecule has 1 aromatic rings. The maximum absolute atomic E-state index is 5.53. The number of rotatable bonds is 1. The number of ether oxygens (including phenoxy) is 3. The van der Waals surface area contributed by atoms with Gasteiger partial charge >= 0.3 is 0 Å². The van der Waals surface area contributed by atoms with Crippen molar-refractivity contribution in [3.8, 4) is 0 Å². The molecule has 0 radical (unpaired) electrons. The molecule has 0 N–H and O–H groups in total. The van der Waals surface area contributed by atoms with Gasteiger partial charge in [-0.15, -0.1) is 0 Å². The van der Waals surface area contributed by atoms with Crippen LogP contribution in [0.4, 0.5) is 5.69 Å². The van der Waals surface area contributed by atoms with Crippen LogP contribution in [0.2, 0.25) is 0 Å². The molecule has 5 nitrogen and oxygen atoms in total. The number of hydrogen-bond donors (Lipinski definition) is 0. The first-order chi connectivity index (χ1) is 8.75. The second kappa shape index (κ2) is 6.68. The lowest BCUT2D eigenvalue weighted by molar-refractivity contribution is 0.00333. The first kappa shape index (κ1) is 13.3. The van der Waals surface area contributed by atoms with Gasteiger partial charge in [0.1, 0.15) is 0 Å². The molecular weight excluding hydrogens is 232 g/mol. The molecular formula is C13H20N2O3. The van der Waals surface area contributed by atoms with Crippen molar-refractivity contribution < 1.29 is 14.2 Å². The van der Waals surface area contributed by atoms with E-state index in [0.717, 1.165) is 17.1 Å². The van der Waals surface area contributed by atoms with Crippen molar-refractivity contribution in [1.29, 1.82) is 0 Å². The van der Waals surface area contributed by atoms with Gasteiger partial charge < -0.3 is 19.1 Å². The first-order valence-electron chi connectivity index (χ1n) is 6.16. The van der Waals surface area contributed by atoms with Crippen molar-refractivity contribution in [1.82, 2.24) is 4.98 Å². The Labute approximate surface area is 108 Å². The average molecular weight is 252 g/mol. The largest absolute Gasteiger partial charge is 0.378 e. The number of aromatic nitrogens is 1. The molecule has 18 heavy (non-hydrogen) atoms. The fraction of sp³-hybridized carbons (Fsp3) is 0.615. The fourth-order valence-corrected chi connectivity index (χ4v) is 1.73. The minimum Gasteiger partial charge on any atom is -0.378 e. The Hall–Kier alpha value is -1.17. The lowest BCUT2D eigenvalue weighted by Gasteiger charge is -2.16. The highest BCUT2D eigenvalue weighted by Crippen LogP contribution is 2.16. The number of anilines is 1. The second-order valence-corrected chi connectivity index (χ2v) is 4.42. The summed E-state index contributed by atoms with van der Waals surface area (Å²) < 4.78 is 16.4. The summed E-state index contributed by atoms with van der Waals surface area (Å²) in [6, 6.07) is 4.08. The molecule has 2 heterocycles. The van der Waals surface area contributed by atoms with E-state index >= 15 is 0 Å². The third kappa shape index (κ3) is 3.94. The third-order valence-corrected chi connectivity index (χ3v) is 2.68. The van der Waals surface area contributed by atoms with Crippen molar-refractivity contribution >= 4 is 5.69 Å². The Balaban J connectivity index is 2.15. The maximum Gasteiger partial charge on any atom is 0.0889 e. The first-order valence-corrected chi connectivity index (χ1v) is 6.16. The van der Waals surface area contributed by atoms with Crippen molar-refractivity contribution in [2.45, 2.75) is 13.2 Å². The van der Waals surface area contributed by atoms with Gasteiger partial charge in [-0.3, -0.25) is 4.98 Å². The molecule has 0 fully saturated rings. The molecule has 0 saturated heterocycles. The Morgan fingerprint density at radius 2 is 1.39 bits per heavy atom. The van der Waals surface area contributed by atoms with E-state index < -0.39 is 0 Å². The van der Waals surface area contributed by atoms with E-state index in [0.29, 0.717) is 39.6 Å². The smallest absolute Gasteiger partial charge is 0.0889 e. The van der Waals surface area contributed by atoms with Crippen LogP contribution in [-0.4, -0.2) is 45.5 Å². The van der Waals surface area contributed by atoms with E-state index in [-0.39, 0.29) is 0 Å². The summed E-state index contributed by atoms with van der Waals surface area (Å²) in [6.07, 6.45) is 0. The standard InChI is InChI=1S/C13H20N2O3/c1-15(2)13-7-11-9-17-5-3-16-4-6-18-10-12(8-13)14-11/h7-8H,3-6,9-10H2,1-2H3. The molecule has 0 saturated carbocycles. The molecule has 2 bridgehead atoms.